The standard InChI is InChI=1S/C15H19ClFN3O/c1-19-4-3-10(8-19)9-20-13-6-14(21-2)11(17)5-12(13)18-15(20)7-16/h5-6,10H,3-4,7-9H2,1-2H3. The maximum Gasteiger partial charge on any atom is 0.167 e. The van der Waals surface area contributed by atoms with Crippen molar-refractivity contribution in [1.82, 2.24) is 14.5 Å². The van der Waals surface area contributed by atoms with Crippen LogP contribution in [-0.4, -0.2) is 41.7 Å². The molecule has 114 valence electrons. The molecule has 4 nitrogen and oxygen atoms in total. The first kappa shape index (κ1) is 14.6. The molecule has 1 unspecified atom stereocenters. The largest absolute Gasteiger partial charge is 0.494 e. The third-order valence-electron chi connectivity index (χ3n) is 4.15. The summed E-state index contributed by atoms with van der Waals surface area (Å²) < 4.78 is 21.0. The van der Waals surface area contributed by atoms with Crippen LogP contribution in [0, 0.1) is 11.7 Å². The van der Waals surface area contributed by atoms with Crippen molar-refractivity contribution in [3.63, 3.8) is 0 Å². The molecule has 1 aliphatic heterocycles. The van der Waals surface area contributed by atoms with Crippen LogP contribution in [0.25, 0.3) is 11.0 Å². The SMILES string of the molecule is COc1cc2c(cc1F)nc(CCl)n2CC1CCN(C)C1. The molecule has 0 amide bonds. The number of nitrogens with zero attached hydrogens (tertiary/aromatic N) is 3. The lowest BCUT2D eigenvalue weighted by Crippen LogP contribution is -2.18. The smallest absolute Gasteiger partial charge is 0.167 e. The summed E-state index contributed by atoms with van der Waals surface area (Å²) in [6, 6.07) is 3.13. The van der Waals surface area contributed by atoms with Crippen LogP contribution in [0.3, 0.4) is 0 Å². The maximum absolute atomic E-state index is 13.8. The predicted molar refractivity (Wildman–Crippen MR) is 81.4 cm³/mol. The number of imidazole rings is 1. The average molecular weight is 312 g/mol. The van der Waals surface area contributed by atoms with Gasteiger partial charge in [0.2, 0.25) is 0 Å². The molecule has 0 aliphatic carbocycles. The molecule has 1 aromatic heterocycles. The number of hydrogen-bond acceptors (Lipinski definition) is 3. The molecule has 3 rings (SSSR count). The first-order chi connectivity index (χ1) is 10.1. The van der Waals surface area contributed by atoms with Gasteiger partial charge < -0.3 is 14.2 Å². The summed E-state index contributed by atoms with van der Waals surface area (Å²) in [4.78, 5) is 6.77. The molecule has 1 saturated heterocycles. The van der Waals surface area contributed by atoms with Crippen LogP contribution in [0.15, 0.2) is 12.1 Å². The first-order valence-corrected chi connectivity index (χ1v) is 7.63. The van der Waals surface area contributed by atoms with Gasteiger partial charge in [-0.2, -0.15) is 0 Å². The Hall–Kier alpha value is -1.33. The summed E-state index contributed by atoms with van der Waals surface area (Å²) in [5.74, 6) is 1.53. The molecule has 2 heterocycles. The Labute approximate surface area is 128 Å². The van der Waals surface area contributed by atoms with E-state index in [1.807, 2.05) is 0 Å². The van der Waals surface area contributed by atoms with Crippen molar-refractivity contribution in [1.29, 1.82) is 0 Å². The van der Waals surface area contributed by atoms with Crippen LogP contribution >= 0.6 is 11.6 Å². The number of rotatable bonds is 4. The van der Waals surface area contributed by atoms with Crippen molar-refractivity contribution in [3.8, 4) is 5.75 Å². The number of fused-ring (bicyclic) bond motifs is 1. The van der Waals surface area contributed by atoms with Gasteiger partial charge in [0.15, 0.2) is 11.6 Å². The van der Waals surface area contributed by atoms with Gasteiger partial charge in [-0.25, -0.2) is 9.37 Å². The van der Waals surface area contributed by atoms with E-state index in [0.717, 1.165) is 37.4 Å². The summed E-state index contributed by atoms with van der Waals surface area (Å²) >= 11 is 6.01. The van der Waals surface area contributed by atoms with E-state index < -0.39 is 5.82 Å². The van der Waals surface area contributed by atoms with E-state index in [2.05, 4.69) is 21.5 Å². The van der Waals surface area contributed by atoms with Crippen LogP contribution in [-0.2, 0) is 12.4 Å². The third-order valence-corrected chi connectivity index (χ3v) is 4.39. The number of ether oxygens (including phenoxy) is 1. The molecule has 6 heteroatoms. The molecule has 0 radical (unpaired) electrons. The molecular formula is C15H19ClFN3O. The van der Waals surface area contributed by atoms with Crippen LogP contribution in [0.5, 0.6) is 5.75 Å². The number of alkyl halides is 1. The number of methoxy groups -OCH3 is 1. The summed E-state index contributed by atoms with van der Waals surface area (Å²) in [6.07, 6.45) is 1.16. The Kier molecular flexibility index (Phi) is 4.04. The number of likely N-dealkylation sites (tertiary alicyclic amines) is 1. The van der Waals surface area contributed by atoms with E-state index >= 15 is 0 Å². The number of aromatic nitrogens is 2. The lowest BCUT2D eigenvalue weighted by molar-refractivity contribution is 0.377. The lowest BCUT2D eigenvalue weighted by Gasteiger charge is -2.14. The zero-order chi connectivity index (χ0) is 15.0. The molecule has 2 aromatic rings. The van der Waals surface area contributed by atoms with Crippen molar-refractivity contribution in [2.75, 3.05) is 27.2 Å². The summed E-state index contributed by atoms with van der Waals surface area (Å²) in [5, 5.41) is 0. The molecule has 1 aromatic carbocycles. The summed E-state index contributed by atoms with van der Waals surface area (Å²) in [6.45, 7) is 3.04. The molecule has 0 spiro atoms. The van der Waals surface area contributed by atoms with E-state index in [9.17, 15) is 4.39 Å². The lowest BCUT2D eigenvalue weighted by atomic mass is 10.1. The molecular weight excluding hydrogens is 293 g/mol. The van der Waals surface area contributed by atoms with Gasteiger partial charge in [-0.05, 0) is 25.9 Å². The molecule has 1 atom stereocenters. The van der Waals surface area contributed by atoms with Crippen LogP contribution in [0.4, 0.5) is 4.39 Å². The highest BCUT2D eigenvalue weighted by atomic mass is 35.5. The molecule has 0 bridgehead atoms. The second-order valence-corrected chi connectivity index (χ2v) is 5.93. The van der Waals surface area contributed by atoms with Crippen molar-refractivity contribution >= 4 is 22.6 Å². The minimum Gasteiger partial charge on any atom is -0.494 e. The van der Waals surface area contributed by atoms with E-state index in [-0.39, 0.29) is 5.75 Å². The predicted octanol–water partition coefficient (Wildman–Crippen LogP) is 2.87. The Morgan fingerprint density at radius 3 is 2.90 bits per heavy atom. The molecule has 1 aliphatic rings. The van der Waals surface area contributed by atoms with E-state index in [4.69, 9.17) is 16.3 Å². The topological polar surface area (TPSA) is 30.3 Å². The molecule has 21 heavy (non-hydrogen) atoms. The van der Waals surface area contributed by atoms with E-state index in [1.165, 1.54) is 13.2 Å². The fourth-order valence-corrected chi connectivity index (χ4v) is 3.28. The third kappa shape index (κ3) is 2.72. The Morgan fingerprint density at radius 2 is 2.29 bits per heavy atom. The Bertz CT molecular complexity index is 658. The highest BCUT2D eigenvalue weighted by molar-refractivity contribution is 6.16. The zero-order valence-electron chi connectivity index (χ0n) is 12.3. The van der Waals surface area contributed by atoms with E-state index in [0.29, 0.717) is 17.3 Å². The van der Waals surface area contributed by atoms with Gasteiger partial charge in [0, 0.05) is 25.2 Å². The highest BCUT2D eigenvalue weighted by Crippen LogP contribution is 2.28. The van der Waals surface area contributed by atoms with Crippen LogP contribution in [0.1, 0.15) is 12.2 Å². The van der Waals surface area contributed by atoms with Crippen molar-refractivity contribution in [2.24, 2.45) is 5.92 Å². The Balaban J connectivity index is 2.02. The summed E-state index contributed by atoms with van der Waals surface area (Å²) in [5.41, 5.74) is 1.52. The van der Waals surface area contributed by atoms with Gasteiger partial charge in [0.1, 0.15) is 5.82 Å². The van der Waals surface area contributed by atoms with E-state index in [1.54, 1.807) is 6.07 Å². The maximum atomic E-state index is 13.8. The summed E-state index contributed by atoms with van der Waals surface area (Å²) in [7, 11) is 3.60. The van der Waals surface area contributed by atoms with Crippen LogP contribution < -0.4 is 4.74 Å². The Morgan fingerprint density at radius 1 is 1.48 bits per heavy atom. The van der Waals surface area contributed by atoms with Crippen molar-refractivity contribution in [2.45, 2.75) is 18.8 Å². The van der Waals surface area contributed by atoms with Gasteiger partial charge in [0.25, 0.3) is 0 Å². The number of benzene rings is 1. The number of halogens is 2. The normalized spacial score (nSPS) is 19.5. The second-order valence-electron chi connectivity index (χ2n) is 5.66. The van der Waals surface area contributed by atoms with Crippen LogP contribution in [0.2, 0.25) is 0 Å². The fourth-order valence-electron chi connectivity index (χ4n) is 3.07. The van der Waals surface area contributed by atoms with Gasteiger partial charge in [-0.3, -0.25) is 0 Å². The quantitative estimate of drug-likeness (QED) is 0.813. The highest BCUT2D eigenvalue weighted by Gasteiger charge is 2.22. The minimum absolute atomic E-state index is 0.244. The second kappa shape index (κ2) is 5.81. The number of hydrogen-bond donors (Lipinski definition) is 0. The van der Waals surface area contributed by atoms with Gasteiger partial charge in [-0.1, -0.05) is 0 Å². The first-order valence-electron chi connectivity index (χ1n) is 7.09. The van der Waals surface area contributed by atoms with Gasteiger partial charge >= 0.3 is 0 Å². The minimum atomic E-state index is -0.392. The van der Waals surface area contributed by atoms with Gasteiger partial charge in [-0.15, -0.1) is 11.6 Å². The average Bonchev–Trinajstić information content (AvgIpc) is 3.02. The monoisotopic (exact) mass is 311 g/mol. The zero-order valence-corrected chi connectivity index (χ0v) is 13.0. The fraction of sp³-hybridized carbons (Fsp3) is 0.533. The van der Waals surface area contributed by atoms with Crippen molar-refractivity contribution in [3.05, 3.63) is 23.8 Å². The molecule has 0 N–H and O–H groups in total. The molecule has 1 fully saturated rings. The molecule has 0 saturated carbocycles. The van der Waals surface area contributed by atoms with Gasteiger partial charge in [0.05, 0.1) is 24.0 Å². The van der Waals surface area contributed by atoms with Crippen molar-refractivity contribution < 1.29 is 9.13 Å².